The Bertz CT molecular complexity index is 1020. The second-order valence-electron chi connectivity index (χ2n) is 7.76. The Labute approximate surface area is 174 Å². The Morgan fingerprint density at radius 2 is 2.10 bits per heavy atom. The summed E-state index contributed by atoms with van der Waals surface area (Å²) in [5, 5.41) is 15.1. The minimum Gasteiger partial charge on any atom is -0.385 e. The van der Waals surface area contributed by atoms with Gasteiger partial charge in [0.2, 0.25) is 0 Å². The quantitative estimate of drug-likeness (QED) is 0.611. The predicted octanol–water partition coefficient (Wildman–Crippen LogP) is 4.13. The van der Waals surface area contributed by atoms with Gasteiger partial charge in [-0.3, -0.25) is 0 Å². The highest BCUT2D eigenvalue weighted by Gasteiger charge is 2.34. The van der Waals surface area contributed by atoms with Crippen molar-refractivity contribution in [3.63, 3.8) is 0 Å². The number of nitrogens with one attached hydrogen (secondary N) is 4. The number of fused-ring (bicyclic) bond motifs is 3. The Morgan fingerprint density at radius 1 is 1.24 bits per heavy atom. The van der Waals surface area contributed by atoms with Crippen molar-refractivity contribution in [3.05, 3.63) is 52.3 Å². The van der Waals surface area contributed by atoms with E-state index in [2.05, 4.69) is 38.4 Å². The summed E-state index contributed by atoms with van der Waals surface area (Å²) in [4.78, 5) is 7.62. The van der Waals surface area contributed by atoms with Crippen LogP contribution in [0.1, 0.15) is 36.8 Å². The van der Waals surface area contributed by atoms with E-state index in [0.29, 0.717) is 22.4 Å². The largest absolute Gasteiger partial charge is 0.385 e. The highest BCUT2D eigenvalue weighted by Crippen LogP contribution is 2.40. The molecule has 1 fully saturated rings. The second kappa shape index (κ2) is 7.47. The lowest BCUT2D eigenvalue weighted by atomic mass is 9.79. The SMILES string of the molecule is N#Cc1cc(NC[C@H]2CC[C@H](C3=C4c5cc[nH]c5N=CN4NN3)CC2)ccc1Cl. The van der Waals surface area contributed by atoms with E-state index in [9.17, 15) is 0 Å². The van der Waals surface area contributed by atoms with E-state index in [1.54, 1.807) is 6.07 Å². The van der Waals surface area contributed by atoms with Gasteiger partial charge in [-0.1, -0.05) is 11.6 Å². The number of aromatic nitrogens is 1. The molecule has 8 heteroatoms. The van der Waals surface area contributed by atoms with Crippen LogP contribution < -0.4 is 16.3 Å². The van der Waals surface area contributed by atoms with Crippen molar-refractivity contribution >= 4 is 35.1 Å². The summed E-state index contributed by atoms with van der Waals surface area (Å²) in [5.74, 6) is 2.05. The Kier molecular flexibility index (Phi) is 4.66. The smallest absolute Gasteiger partial charge is 0.141 e. The maximum absolute atomic E-state index is 9.13. The van der Waals surface area contributed by atoms with Gasteiger partial charge in [-0.15, -0.1) is 5.53 Å². The number of aromatic amines is 1. The van der Waals surface area contributed by atoms with Gasteiger partial charge < -0.3 is 15.7 Å². The first-order chi connectivity index (χ1) is 14.2. The van der Waals surface area contributed by atoms with Crippen LogP contribution in [0.5, 0.6) is 0 Å². The molecule has 5 rings (SSSR count). The minimum atomic E-state index is 0.498. The topological polar surface area (TPSA) is 91.3 Å². The van der Waals surface area contributed by atoms with Crippen molar-refractivity contribution in [2.45, 2.75) is 25.7 Å². The number of halogens is 1. The molecule has 2 aliphatic heterocycles. The molecule has 0 amide bonds. The van der Waals surface area contributed by atoms with Crippen molar-refractivity contribution in [1.29, 1.82) is 5.26 Å². The van der Waals surface area contributed by atoms with Crippen LogP contribution in [0.25, 0.3) is 5.70 Å². The summed E-state index contributed by atoms with van der Waals surface area (Å²) in [5.41, 5.74) is 11.6. The molecule has 148 valence electrons. The molecule has 2 aromatic rings. The molecule has 0 saturated heterocycles. The number of hydrogen-bond donors (Lipinski definition) is 4. The van der Waals surface area contributed by atoms with Crippen LogP contribution >= 0.6 is 11.6 Å². The Hall–Kier alpha value is -2.95. The van der Waals surface area contributed by atoms with Crippen LogP contribution in [0.3, 0.4) is 0 Å². The Balaban J connectivity index is 1.22. The van der Waals surface area contributed by atoms with Gasteiger partial charge in [-0.05, 0) is 55.9 Å². The van der Waals surface area contributed by atoms with Gasteiger partial charge in [0.25, 0.3) is 0 Å². The predicted molar refractivity (Wildman–Crippen MR) is 114 cm³/mol. The average molecular weight is 408 g/mol. The highest BCUT2D eigenvalue weighted by molar-refractivity contribution is 6.31. The number of benzene rings is 1. The van der Waals surface area contributed by atoms with Gasteiger partial charge in [-0.2, -0.15) is 5.26 Å². The summed E-state index contributed by atoms with van der Waals surface area (Å²) >= 11 is 6.02. The third-order valence-corrected chi connectivity index (χ3v) is 6.36. The molecule has 1 saturated carbocycles. The third kappa shape index (κ3) is 3.35. The van der Waals surface area contributed by atoms with E-state index < -0.39 is 0 Å². The first-order valence-electron chi connectivity index (χ1n) is 9.93. The zero-order valence-electron chi connectivity index (χ0n) is 15.9. The second-order valence-corrected chi connectivity index (χ2v) is 8.17. The third-order valence-electron chi connectivity index (χ3n) is 6.03. The molecular weight excluding hydrogens is 386 g/mol. The summed E-state index contributed by atoms with van der Waals surface area (Å²) in [6.45, 7) is 0.914. The Morgan fingerprint density at radius 3 is 2.93 bits per heavy atom. The van der Waals surface area contributed by atoms with Crippen LogP contribution in [-0.2, 0) is 0 Å². The number of rotatable bonds is 4. The maximum Gasteiger partial charge on any atom is 0.141 e. The number of aliphatic imine (C=N–C) groups is 1. The number of hydrogen-bond acceptors (Lipinski definition) is 6. The summed E-state index contributed by atoms with van der Waals surface area (Å²) in [6.07, 6.45) is 8.38. The number of allylic oxidation sites excluding steroid dienone is 1. The number of anilines is 1. The van der Waals surface area contributed by atoms with Crippen LogP contribution in [0.4, 0.5) is 11.5 Å². The zero-order chi connectivity index (χ0) is 19.8. The number of nitrogens with zero attached hydrogens (tertiary/aromatic N) is 3. The van der Waals surface area contributed by atoms with Crippen LogP contribution in [0, 0.1) is 23.2 Å². The molecule has 29 heavy (non-hydrogen) atoms. The molecule has 7 nitrogen and oxygen atoms in total. The monoisotopic (exact) mass is 407 g/mol. The van der Waals surface area contributed by atoms with Crippen molar-refractivity contribution in [1.82, 2.24) is 21.0 Å². The first kappa shape index (κ1) is 18.1. The van der Waals surface area contributed by atoms with Gasteiger partial charge in [0.15, 0.2) is 0 Å². The van der Waals surface area contributed by atoms with Gasteiger partial charge in [-0.25, -0.2) is 10.0 Å². The van der Waals surface area contributed by atoms with Crippen molar-refractivity contribution in [2.75, 3.05) is 11.9 Å². The molecule has 0 bridgehead atoms. The lowest BCUT2D eigenvalue weighted by molar-refractivity contribution is 0.300. The molecular formula is C21H22ClN7. The van der Waals surface area contributed by atoms with Gasteiger partial charge >= 0.3 is 0 Å². The molecule has 4 N–H and O–H groups in total. The van der Waals surface area contributed by atoms with Crippen LogP contribution in [0.2, 0.25) is 5.02 Å². The van der Waals surface area contributed by atoms with Crippen LogP contribution in [-0.4, -0.2) is 22.9 Å². The molecule has 1 aliphatic carbocycles. The lowest BCUT2D eigenvalue weighted by Gasteiger charge is -2.30. The van der Waals surface area contributed by atoms with Crippen molar-refractivity contribution in [3.8, 4) is 6.07 Å². The molecule has 0 unspecified atom stereocenters. The lowest BCUT2D eigenvalue weighted by Crippen LogP contribution is -2.38. The summed E-state index contributed by atoms with van der Waals surface area (Å²) in [6, 6.07) is 9.75. The van der Waals surface area contributed by atoms with Gasteiger partial charge in [0, 0.05) is 29.9 Å². The summed E-state index contributed by atoms with van der Waals surface area (Å²) < 4.78 is 0. The first-order valence-corrected chi connectivity index (χ1v) is 10.3. The molecule has 1 aromatic heterocycles. The molecule has 3 aliphatic rings. The van der Waals surface area contributed by atoms with E-state index in [-0.39, 0.29) is 0 Å². The average Bonchev–Trinajstić information content (AvgIpc) is 3.40. The van der Waals surface area contributed by atoms with E-state index in [0.717, 1.165) is 36.5 Å². The summed E-state index contributed by atoms with van der Waals surface area (Å²) in [7, 11) is 0. The minimum absolute atomic E-state index is 0.498. The fourth-order valence-corrected chi connectivity index (χ4v) is 4.59. The number of H-pyrrole nitrogens is 1. The maximum atomic E-state index is 9.13. The van der Waals surface area contributed by atoms with Gasteiger partial charge in [0.05, 0.1) is 22.0 Å². The van der Waals surface area contributed by atoms with Crippen molar-refractivity contribution < 1.29 is 0 Å². The number of nitriles is 1. The normalized spacial score (nSPS) is 22.7. The molecule has 0 spiro atoms. The fraction of sp³-hybridized carbons (Fsp3) is 0.333. The molecule has 1 aromatic carbocycles. The fourth-order valence-electron chi connectivity index (χ4n) is 4.43. The zero-order valence-corrected chi connectivity index (χ0v) is 16.6. The van der Waals surface area contributed by atoms with Crippen LogP contribution in [0.15, 0.2) is 41.2 Å². The van der Waals surface area contributed by atoms with E-state index >= 15 is 0 Å². The van der Waals surface area contributed by atoms with Gasteiger partial charge in [0.1, 0.15) is 18.2 Å². The van der Waals surface area contributed by atoms with E-state index in [1.165, 1.54) is 24.2 Å². The van der Waals surface area contributed by atoms with E-state index in [4.69, 9.17) is 16.9 Å². The van der Waals surface area contributed by atoms with Crippen molar-refractivity contribution in [2.24, 2.45) is 16.8 Å². The standard InChI is InChI=1S/C21H22ClN7/c22-18-6-5-16(9-15(18)10-23)25-11-13-1-3-14(4-2-13)19-20-17-7-8-24-21(17)26-12-29(20)28-27-19/h5-9,12-14,24-25,27-28H,1-4,11H2/t13-,14-. The molecule has 0 radical (unpaired) electrons. The highest BCUT2D eigenvalue weighted by atomic mass is 35.5. The van der Waals surface area contributed by atoms with E-state index in [1.807, 2.05) is 29.7 Å². The molecule has 0 atom stereocenters. The number of hydrazine groups is 2. The molecule has 3 heterocycles.